The first-order valence-corrected chi connectivity index (χ1v) is 9.56. The van der Waals surface area contributed by atoms with Crippen molar-refractivity contribution < 1.29 is 24.3 Å². The molecule has 2 aromatic rings. The summed E-state index contributed by atoms with van der Waals surface area (Å²) in [6, 6.07) is 8.34. The Balaban J connectivity index is 1.89. The van der Waals surface area contributed by atoms with E-state index in [-0.39, 0.29) is 12.3 Å². The van der Waals surface area contributed by atoms with Crippen LogP contribution in [0, 0.1) is 5.92 Å². The second-order valence-electron chi connectivity index (χ2n) is 7.46. The number of carboxylic acid groups (broad SMARTS) is 1. The quantitative estimate of drug-likeness (QED) is 0.647. The van der Waals surface area contributed by atoms with Crippen molar-refractivity contribution in [1.82, 2.24) is 10.3 Å². The number of ketones is 1. The number of carbonyl (C=O) groups is 3. The third kappa shape index (κ3) is 3.94. The van der Waals surface area contributed by atoms with Crippen LogP contribution in [0.5, 0.6) is 0 Å². The van der Waals surface area contributed by atoms with E-state index in [0.717, 1.165) is 16.8 Å². The highest BCUT2D eigenvalue weighted by atomic mass is 16.7. The molecule has 2 N–H and O–H groups in total. The Bertz CT molecular complexity index is 1040. The molecule has 0 spiro atoms. The van der Waals surface area contributed by atoms with Gasteiger partial charge in [-0.25, -0.2) is 0 Å². The molecule has 1 aromatic heterocycles. The number of benzene rings is 1. The maximum Gasteiger partial charge on any atom is 0.305 e. The molecule has 8 nitrogen and oxygen atoms in total. The SMILES string of the molecule is C=CC(=O)[C@H](CC(=O)O)NC(=O)[C@@]1(C(C)C)CC(c2nccc3ccccc23)=NO1. The van der Waals surface area contributed by atoms with E-state index in [1.807, 2.05) is 30.3 Å². The number of amides is 1. The highest BCUT2D eigenvalue weighted by Gasteiger charge is 2.50. The van der Waals surface area contributed by atoms with Crippen LogP contribution in [0.2, 0.25) is 0 Å². The maximum absolute atomic E-state index is 13.2. The van der Waals surface area contributed by atoms with Crippen LogP contribution in [0.25, 0.3) is 10.8 Å². The van der Waals surface area contributed by atoms with E-state index in [4.69, 9.17) is 9.94 Å². The van der Waals surface area contributed by atoms with Crippen LogP contribution in [0.4, 0.5) is 0 Å². The molecule has 1 aliphatic rings. The molecule has 8 heteroatoms. The molecule has 1 aliphatic heterocycles. The summed E-state index contributed by atoms with van der Waals surface area (Å²) in [5.41, 5.74) is -0.250. The number of rotatable bonds is 8. The first kappa shape index (κ1) is 21.2. The fourth-order valence-corrected chi connectivity index (χ4v) is 3.44. The van der Waals surface area contributed by atoms with Gasteiger partial charge >= 0.3 is 5.97 Å². The predicted octanol–water partition coefficient (Wildman–Crippen LogP) is 2.47. The van der Waals surface area contributed by atoms with Gasteiger partial charge in [-0.2, -0.15) is 0 Å². The Morgan fingerprint density at radius 3 is 2.70 bits per heavy atom. The van der Waals surface area contributed by atoms with Crippen LogP contribution in [0.15, 0.2) is 54.3 Å². The van der Waals surface area contributed by atoms with E-state index in [9.17, 15) is 14.4 Å². The molecule has 1 amide bonds. The van der Waals surface area contributed by atoms with Crippen molar-refractivity contribution >= 4 is 34.1 Å². The minimum absolute atomic E-state index is 0.138. The number of hydrogen-bond donors (Lipinski definition) is 2. The van der Waals surface area contributed by atoms with Gasteiger partial charge in [0.1, 0.15) is 11.8 Å². The Labute approximate surface area is 173 Å². The molecule has 0 aliphatic carbocycles. The molecule has 0 fully saturated rings. The Morgan fingerprint density at radius 1 is 1.30 bits per heavy atom. The fourth-order valence-electron chi connectivity index (χ4n) is 3.44. The van der Waals surface area contributed by atoms with Gasteiger partial charge in [-0.05, 0) is 17.5 Å². The van der Waals surface area contributed by atoms with Crippen molar-refractivity contribution in [1.29, 1.82) is 0 Å². The highest BCUT2D eigenvalue weighted by molar-refractivity contribution is 6.12. The molecule has 1 aromatic carbocycles. The van der Waals surface area contributed by atoms with Crippen LogP contribution in [0.3, 0.4) is 0 Å². The average Bonchev–Trinajstić information content (AvgIpc) is 3.18. The molecule has 0 bridgehead atoms. The summed E-state index contributed by atoms with van der Waals surface area (Å²) in [7, 11) is 0. The number of nitrogens with zero attached hydrogens (tertiary/aromatic N) is 2. The molecule has 30 heavy (non-hydrogen) atoms. The number of pyridine rings is 1. The summed E-state index contributed by atoms with van der Waals surface area (Å²) in [6.45, 7) is 6.97. The van der Waals surface area contributed by atoms with Gasteiger partial charge in [0.25, 0.3) is 5.91 Å². The van der Waals surface area contributed by atoms with E-state index in [1.165, 1.54) is 0 Å². The first-order valence-electron chi connectivity index (χ1n) is 9.56. The van der Waals surface area contributed by atoms with Gasteiger partial charge in [0.15, 0.2) is 5.78 Å². The molecular weight excluding hydrogens is 386 g/mol. The van der Waals surface area contributed by atoms with Crippen LogP contribution < -0.4 is 5.32 Å². The van der Waals surface area contributed by atoms with E-state index in [0.29, 0.717) is 11.4 Å². The minimum Gasteiger partial charge on any atom is -0.481 e. The lowest BCUT2D eigenvalue weighted by atomic mass is 9.83. The van der Waals surface area contributed by atoms with E-state index in [2.05, 4.69) is 22.0 Å². The number of aliphatic carboxylic acids is 1. The molecule has 0 saturated heterocycles. The lowest BCUT2D eigenvalue weighted by Gasteiger charge is -2.30. The van der Waals surface area contributed by atoms with Crippen LogP contribution in [0.1, 0.15) is 32.4 Å². The van der Waals surface area contributed by atoms with Crippen molar-refractivity contribution in [3.63, 3.8) is 0 Å². The summed E-state index contributed by atoms with van der Waals surface area (Å²) < 4.78 is 0. The smallest absolute Gasteiger partial charge is 0.305 e. The maximum atomic E-state index is 13.2. The third-order valence-corrected chi connectivity index (χ3v) is 5.24. The highest BCUT2D eigenvalue weighted by Crippen LogP contribution is 2.35. The van der Waals surface area contributed by atoms with Gasteiger partial charge in [-0.15, -0.1) is 0 Å². The average molecular weight is 409 g/mol. The molecule has 3 rings (SSSR count). The van der Waals surface area contributed by atoms with Crippen molar-refractivity contribution in [3.8, 4) is 0 Å². The largest absolute Gasteiger partial charge is 0.481 e. The topological polar surface area (TPSA) is 118 Å². The van der Waals surface area contributed by atoms with Crippen molar-refractivity contribution in [3.05, 3.63) is 54.9 Å². The number of carboxylic acids is 1. The summed E-state index contributed by atoms with van der Waals surface area (Å²) >= 11 is 0. The summed E-state index contributed by atoms with van der Waals surface area (Å²) in [5, 5.41) is 17.6. The van der Waals surface area contributed by atoms with Gasteiger partial charge in [-0.3, -0.25) is 19.4 Å². The zero-order valence-corrected chi connectivity index (χ0v) is 16.8. The van der Waals surface area contributed by atoms with Gasteiger partial charge in [0, 0.05) is 23.9 Å². The monoisotopic (exact) mass is 409 g/mol. The Hall–Kier alpha value is -3.55. The van der Waals surface area contributed by atoms with Gasteiger partial charge in [0.05, 0.1) is 12.1 Å². The minimum atomic E-state index is -1.38. The molecule has 0 saturated carbocycles. The summed E-state index contributed by atoms with van der Waals surface area (Å²) in [4.78, 5) is 46.4. The lowest BCUT2D eigenvalue weighted by molar-refractivity contribution is -0.152. The van der Waals surface area contributed by atoms with Crippen LogP contribution in [-0.2, 0) is 19.2 Å². The second kappa shape index (κ2) is 8.44. The van der Waals surface area contributed by atoms with Gasteiger partial charge < -0.3 is 15.3 Å². The molecule has 2 heterocycles. The Morgan fingerprint density at radius 2 is 2.03 bits per heavy atom. The number of aromatic nitrogens is 1. The number of carbonyl (C=O) groups excluding carboxylic acids is 2. The van der Waals surface area contributed by atoms with Gasteiger partial charge in [-0.1, -0.05) is 49.8 Å². The van der Waals surface area contributed by atoms with Crippen LogP contribution >= 0.6 is 0 Å². The fraction of sp³-hybridized carbons (Fsp3) is 0.318. The van der Waals surface area contributed by atoms with Crippen molar-refractivity contribution in [2.45, 2.75) is 38.3 Å². The molecule has 0 radical (unpaired) electrons. The van der Waals surface area contributed by atoms with Crippen LogP contribution in [-0.4, -0.2) is 45.1 Å². The van der Waals surface area contributed by atoms with Crippen molar-refractivity contribution in [2.75, 3.05) is 0 Å². The number of hydrogen-bond acceptors (Lipinski definition) is 6. The number of oxime groups is 1. The lowest BCUT2D eigenvalue weighted by Crippen LogP contribution is -2.55. The normalized spacial score (nSPS) is 19.1. The third-order valence-electron chi connectivity index (χ3n) is 5.24. The standard InChI is InChI=1S/C22H23N3O5/c1-4-18(26)16(11-19(27)28)24-21(29)22(13(2)3)12-17(25-30-22)20-15-8-6-5-7-14(15)9-10-23-20/h4-10,13,16H,1,11-12H2,2-3H3,(H,24,29)(H,27,28)/t16-,22-/m0/s1. The van der Waals surface area contributed by atoms with E-state index in [1.54, 1.807) is 20.0 Å². The number of fused-ring (bicyclic) bond motifs is 1. The zero-order chi connectivity index (χ0) is 21.9. The van der Waals surface area contributed by atoms with E-state index >= 15 is 0 Å². The summed E-state index contributed by atoms with van der Waals surface area (Å²) in [6.07, 6.45) is 2.25. The molecule has 2 atom stereocenters. The Kier molecular flexibility index (Phi) is 5.96. The first-order chi connectivity index (χ1) is 14.3. The summed E-state index contributed by atoms with van der Waals surface area (Å²) in [5.74, 6) is -2.70. The molecular formula is C22H23N3O5. The predicted molar refractivity (Wildman–Crippen MR) is 111 cm³/mol. The number of nitrogens with one attached hydrogen (secondary N) is 1. The molecule has 156 valence electrons. The van der Waals surface area contributed by atoms with Crippen molar-refractivity contribution in [2.24, 2.45) is 11.1 Å². The van der Waals surface area contributed by atoms with E-state index < -0.39 is 35.7 Å². The molecule has 0 unspecified atom stereocenters. The zero-order valence-electron chi connectivity index (χ0n) is 16.8. The van der Waals surface area contributed by atoms with Gasteiger partial charge in [0.2, 0.25) is 5.60 Å². The second-order valence-corrected chi connectivity index (χ2v) is 7.46.